The van der Waals surface area contributed by atoms with Crippen molar-refractivity contribution in [2.45, 2.75) is 76.4 Å². The molecule has 1 N–H and O–H groups in total. The maximum absolute atomic E-state index is 14.4. The third-order valence-corrected chi connectivity index (χ3v) is 10.3. The smallest absolute Gasteiger partial charge is 0.264 e. The van der Waals surface area contributed by atoms with Gasteiger partial charge in [-0.1, -0.05) is 85.5 Å². The number of sulfonamides is 1. The van der Waals surface area contributed by atoms with Gasteiger partial charge in [0, 0.05) is 12.6 Å². The van der Waals surface area contributed by atoms with Gasteiger partial charge in [-0.05, 0) is 87.2 Å². The van der Waals surface area contributed by atoms with Gasteiger partial charge in [-0.2, -0.15) is 0 Å². The lowest BCUT2D eigenvalue weighted by Crippen LogP contribution is -2.53. The zero-order valence-electron chi connectivity index (χ0n) is 27.3. The van der Waals surface area contributed by atoms with Crippen LogP contribution in [-0.4, -0.2) is 43.8 Å². The molecule has 1 aliphatic rings. The number of carbonyl (C=O) groups is 2. The zero-order chi connectivity index (χ0) is 33.4. The van der Waals surface area contributed by atoms with Crippen molar-refractivity contribution in [3.63, 3.8) is 0 Å². The van der Waals surface area contributed by atoms with Crippen molar-refractivity contribution in [3.8, 4) is 11.5 Å². The highest BCUT2D eigenvalue weighted by atomic mass is 32.2. The molecule has 1 fully saturated rings. The first-order valence-electron chi connectivity index (χ1n) is 16.2. The molecule has 1 saturated carbocycles. The monoisotopic (exact) mass is 653 g/mol. The van der Waals surface area contributed by atoms with E-state index in [9.17, 15) is 18.0 Å². The molecule has 0 aromatic heterocycles. The number of para-hydroxylation sites is 1. The van der Waals surface area contributed by atoms with E-state index in [0.717, 1.165) is 46.7 Å². The zero-order valence-corrected chi connectivity index (χ0v) is 28.1. The van der Waals surface area contributed by atoms with Crippen molar-refractivity contribution < 1.29 is 22.7 Å². The van der Waals surface area contributed by atoms with Gasteiger partial charge in [-0.3, -0.25) is 13.9 Å². The molecule has 9 heteroatoms. The minimum Gasteiger partial charge on any atom is -0.457 e. The lowest BCUT2D eigenvalue weighted by atomic mass is 10.1. The third-order valence-electron chi connectivity index (χ3n) is 8.55. The number of ether oxygens (including phenoxy) is 1. The average Bonchev–Trinajstić information content (AvgIpc) is 3.58. The van der Waals surface area contributed by atoms with E-state index in [4.69, 9.17) is 4.74 Å². The van der Waals surface area contributed by atoms with Gasteiger partial charge in [-0.15, -0.1) is 0 Å². The Morgan fingerprint density at radius 2 is 1.38 bits per heavy atom. The fourth-order valence-electron chi connectivity index (χ4n) is 5.85. The highest BCUT2D eigenvalue weighted by Crippen LogP contribution is 2.29. The van der Waals surface area contributed by atoms with Gasteiger partial charge in [0.15, 0.2) is 0 Å². The number of rotatable bonds is 13. The standard InChI is InChI=1S/C38H43N3O5S/c1-4-36(38(43)39-31-10-8-9-11-31)40(26-30-18-14-28(2)15-19-30)37(42)27-41(47(44,45)35-24-16-29(3)17-25-35)32-20-22-34(23-21-32)46-33-12-6-5-7-13-33/h5-7,12-25,31,36H,4,8-11,26-27H2,1-3H3,(H,39,43)/t36-/m0/s1. The topological polar surface area (TPSA) is 96.0 Å². The maximum atomic E-state index is 14.4. The van der Waals surface area contributed by atoms with Crippen LogP contribution >= 0.6 is 0 Å². The summed E-state index contributed by atoms with van der Waals surface area (Å²) in [6, 6.07) is 29.6. The van der Waals surface area contributed by atoms with E-state index in [1.807, 2.05) is 75.4 Å². The molecule has 0 aliphatic heterocycles. The Labute approximate surface area is 278 Å². The Kier molecular flexibility index (Phi) is 11.0. The number of carbonyl (C=O) groups excluding carboxylic acids is 2. The van der Waals surface area contributed by atoms with Crippen molar-refractivity contribution in [1.29, 1.82) is 0 Å². The minimum atomic E-state index is -4.18. The second-order valence-electron chi connectivity index (χ2n) is 12.2. The molecule has 0 spiro atoms. The molecule has 0 saturated heterocycles. The molecule has 4 aromatic rings. The highest BCUT2D eigenvalue weighted by molar-refractivity contribution is 7.92. The molecule has 0 bridgehead atoms. The second-order valence-corrected chi connectivity index (χ2v) is 14.0. The quantitative estimate of drug-likeness (QED) is 0.165. The first-order chi connectivity index (χ1) is 22.6. The molecule has 1 aliphatic carbocycles. The molecule has 2 amide bonds. The summed E-state index contributed by atoms with van der Waals surface area (Å²) in [5.74, 6) is 0.483. The van der Waals surface area contributed by atoms with Crippen molar-refractivity contribution in [1.82, 2.24) is 10.2 Å². The normalized spacial score (nSPS) is 13.9. The number of benzene rings is 4. The predicted molar refractivity (Wildman–Crippen MR) is 185 cm³/mol. The number of nitrogens with one attached hydrogen (secondary N) is 1. The van der Waals surface area contributed by atoms with Crippen LogP contribution in [0.25, 0.3) is 0 Å². The largest absolute Gasteiger partial charge is 0.457 e. The van der Waals surface area contributed by atoms with Crippen molar-refractivity contribution in [2.24, 2.45) is 0 Å². The Bertz CT molecular complexity index is 1740. The molecular formula is C38H43N3O5S. The number of anilines is 1. The second kappa shape index (κ2) is 15.3. The van der Waals surface area contributed by atoms with Crippen molar-refractivity contribution in [2.75, 3.05) is 10.8 Å². The molecule has 47 heavy (non-hydrogen) atoms. The van der Waals surface area contributed by atoms with Crippen LogP contribution in [0.5, 0.6) is 11.5 Å². The number of nitrogens with zero attached hydrogens (tertiary/aromatic N) is 2. The van der Waals surface area contributed by atoms with Crippen LogP contribution in [0.3, 0.4) is 0 Å². The molecular weight excluding hydrogens is 611 g/mol. The van der Waals surface area contributed by atoms with Gasteiger partial charge in [-0.25, -0.2) is 8.42 Å². The van der Waals surface area contributed by atoms with Gasteiger partial charge in [0.2, 0.25) is 11.8 Å². The van der Waals surface area contributed by atoms with Crippen LogP contribution in [0.1, 0.15) is 55.7 Å². The summed E-state index contributed by atoms with van der Waals surface area (Å²) in [5, 5.41) is 3.15. The van der Waals surface area contributed by atoms with Crippen LogP contribution in [0.4, 0.5) is 5.69 Å². The van der Waals surface area contributed by atoms with Gasteiger partial charge in [0.05, 0.1) is 10.6 Å². The van der Waals surface area contributed by atoms with Crippen molar-refractivity contribution in [3.05, 3.63) is 120 Å². The number of hydrogen-bond acceptors (Lipinski definition) is 5. The predicted octanol–water partition coefficient (Wildman–Crippen LogP) is 7.16. The first-order valence-corrected chi connectivity index (χ1v) is 17.7. The summed E-state index contributed by atoms with van der Waals surface area (Å²) in [4.78, 5) is 29.7. The van der Waals surface area contributed by atoms with Crippen molar-refractivity contribution >= 4 is 27.5 Å². The molecule has 1 atom stereocenters. The van der Waals surface area contributed by atoms with Crippen LogP contribution in [-0.2, 0) is 26.2 Å². The number of aryl methyl sites for hydroxylation is 2. The fourth-order valence-corrected chi connectivity index (χ4v) is 7.26. The molecule has 5 rings (SSSR count). The van der Waals surface area contributed by atoms with E-state index >= 15 is 0 Å². The number of amides is 2. The van der Waals surface area contributed by atoms with Gasteiger partial charge in [0.25, 0.3) is 10.0 Å². The van der Waals surface area contributed by atoms with E-state index in [0.29, 0.717) is 23.6 Å². The Morgan fingerprint density at radius 1 is 0.809 bits per heavy atom. The van der Waals surface area contributed by atoms with E-state index in [2.05, 4.69) is 5.32 Å². The fraction of sp³-hybridized carbons (Fsp3) is 0.316. The SMILES string of the molecule is CC[C@@H](C(=O)NC1CCCC1)N(Cc1ccc(C)cc1)C(=O)CN(c1ccc(Oc2ccccc2)cc1)S(=O)(=O)c1ccc(C)cc1. The Morgan fingerprint density at radius 3 is 1.98 bits per heavy atom. The highest BCUT2D eigenvalue weighted by Gasteiger charge is 2.34. The Balaban J connectivity index is 1.49. The van der Waals surface area contributed by atoms with E-state index in [1.54, 1.807) is 48.5 Å². The van der Waals surface area contributed by atoms with E-state index in [-0.39, 0.29) is 23.4 Å². The van der Waals surface area contributed by atoms with Crippen LogP contribution in [0.15, 0.2) is 108 Å². The molecule has 8 nitrogen and oxygen atoms in total. The molecule has 4 aromatic carbocycles. The van der Waals surface area contributed by atoms with Gasteiger partial charge in [0.1, 0.15) is 24.1 Å². The van der Waals surface area contributed by atoms with Crippen LogP contribution in [0, 0.1) is 13.8 Å². The molecule has 0 unspecified atom stereocenters. The lowest BCUT2D eigenvalue weighted by molar-refractivity contribution is -0.140. The summed E-state index contributed by atoms with van der Waals surface area (Å²) < 4.78 is 35.5. The summed E-state index contributed by atoms with van der Waals surface area (Å²) in [5.41, 5.74) is 3.15. The summed E-state index contributed by atoms with van der Waals surface area (Å²) in [6.45, 7) is 5.42. The molecule has 0 radical (unpaired) electrons. The average molecular weight is 654 g/mol. The van der Waals surface area contributed by atoms with Gasteiger partial charge < -0.3 is 15.0 Å². The summed E-state index contributed by atoms with van der Waals surface area (Å²) >= 11 is 0. The maximum Gasteiger partial charge on any atom is 0.264 e. The third kappa shape index (κ3) is 8.60. The molecule has 246 valence electrons. The van der Waals surface area contributed by atoms with Gasteiger partial charge >= 0.3 is 0 Å². The number of hydrogen-bond donors (Lipinski definition) is 1. The molecule has 0 heterocycles. The van der Waals surface area contributed by atoms with E-state index in [1.165, 1.54) is 4.90 Å². The van der Waals surface area contributed by atoms with Crippen LogP contribution < -0.4 is 14.4 Å². The summed E-state index contributed by atoms with van der Waals surface area (Å²) in [7, 11) is -4.18. The lowest BCUT2D eigenvalue weighted by Gasteiger charge is -2.34. The summed E-state index contributed by atoms with van der Waals surface area (Å²) in [6.07, 6.45) is 4.34. The van der Waals surface area contributed by atoms with E-state index < -0.39 is 28.5 Å². The first kappa shape index (κ1) is 33.7. The Hall–Kier alpha value is -4.63. The minimum absolute atomic E-state index is 0.0663. The van der Waals surface area contributed by atoms with Crippen LogP contribution in [0.2, 0.25) is 0 Å².